The predicted molar refractivity (Wildman–Crippen MR) is 47.2 cm³/mol. The van der Waals surface area contributed by atoms with Crippen molar-refractivity contribution in [2.45, 2.75) is 6.04 Å². The lowest BCUT2D eigenvalue weighted by Crippen LogP contribution is -2.08. The summed E-state index contributed by atoms with van der Waals surface area (Å²) in [6, 6.07) is 2.65. The molecule has 1 aromatic carbocycles. The maximum Gasteiger partial charge on any atom is 0.163 e. The number of hydrogen-bond acceptors (Lipinski definition) is 4. The summed E-state index contributed by atoms with van der Waals surface area (Å²) in [4.78, 5) is 0. The number of halogens is 1. The first kappa shape index (κ1) is 10.3. The Morgan fingerprint density at radius 3 is 2.79 bits per heavy atom. The highest BCUT2D eigenvalue weighted by atomic mass is 19.1. The minimum Gasteiger partial charge on any atom is -0.504 e. The van der Waals surface area contributed by atoms with E-state index < -0.39 is 11.9 Å². The van der Waals surface area contributed by atoms with Crippen LogP contribution in [0.15, 0.2) is 12.1 Å². The molecule has 4 nitrogen and oxygen atoms in total. The van der Waals surface area contributed by atoms with Gasteiger partial charge in [-0.3, -0.25) is 0 Å². The highest BCUT2D eigenvalue weighted by molar-refractivity contribution is 5.48. The first-order valence-electron chi connectivity index (χ1n) is 3.81. The molecule has 3 N–H and O–H groups in total. The summed E-state index contributed by atoms with van der Waals surface area (Å²) < 4.78 is 17.6. The summed E-state index contributed by atoms with van der Waals surface area (Å²) in [7, 11) is 1.29. The van der Waals surface area contributed by atoms with E-state index in [0.29, 0.717) is 0 Å². The van der Waals surface area contributed by atoms with Gasteiger partial charge in [0, 0.05) is 11.6 Å². The zero-order valence-electron chi connectivity index (χ0n) is 7.49. The first-order valence-corrected chi connectivity index (χ1v) is 3.81. The molecule has 1 rings (SSSR count). The van der Waals surface area contributed by atoms with Crippen LogP contribution in [-0.2, 0) is 0 Å². The third kappa shape index (κ3) is 1.75. The van der Waals surface area contributed by atoms with Crippen molar-refractivity contribution in [1.29, 1.82) is 5.26 Å². The van der Waals surface area contributed by atoms with E-state index in [2.05, 4.69) is 0 Å². The average molecular weight is 196 g/mol. The van der Waals surface area contributed by atoms with Gasteiger partial charge in [-0.1, -0.05) is 0 Å². The highest BCUT2D eigenvalue weighted by Crippen LogP contribution is 2.33. The molecule has 74 valence electrons. The maximum absolute atomic E-state index is 12.9. The number of methoxy groups -OCH3 is 1. The molecule has 0 aliphatic heterocycles. The van der Waals surface area contributed by atoms with Crippen molar-refractivity contribution in [3.8, 4) is 17.6 Å². The molecule has 1 aromatic rings. The standard InChI is InChI=1S/C9H9FN2O2/c1-14-8-3-5(10)2-6(9(8)13)7(12)4-11/h2-3,7,13H,12H2,1H3. The van der Waals surface area contributed by atoms with Crippen LogP contribution in [0.25, 0.3) is 0 Å². The van der Waals surface area contributed by atoms with Crippen LogP contribution >= 0.6 is 0 Å². The van der Waals surface area contributed by atoms with Crippen LogP contribution in [0.5, 0.6) is 11.5 Å². The van der Waals surface area contributed by atoms with E-state index in [1.807, 2.05) is 0 Å². The van der Waals surface area contributed by atoms with Gasteiger partial charge in [0.05, 0.1) is 13.2 Å². The lowest BCUT2D eigenvalue weighted by atomic mass is 10.1. The van der Waals surface area contributed by atoms with Crippen molar-refractivity contribution in [2.24, 2.45) is 5.73 Å². The second-order valence-electron chi connectivity index (χ2n) is 2.65. The Bertz CT molecular complexity index is 387. The number of phenols is 1. The Labute approximate surface area is 80.3 Å². The molecule has 0 saturated carbocycles. The van der Waals surface area contributed by atoms with Crippen LogP contribution in [0.3, 0.4) is 0 Å². The van der Waals surface area contributed by atoms with Gasteiger partial charge in [-0.15, -0.1) is 0 Å². The molecule has 0 amide bonds. The molecule has 0 fully saturated rings. The van der Waals surface area contributed by atoms with E-state index >= 15 is 0 Å². The molecule has 0 aromatic heterocycles. The van der Waals surface area contributed by atoms with Crippen molar-refractivity contribution in [3.05, 3.63) is 23.5 Å². The number of rotatable bonds is 2. The zero-order chi connectivity index (χ0) is 10.7. The summed E-state index contributed by atoms with van der Waals surface area (Å²) >= 11 is 0. The number of ether oxygens (including phenoxy) is 1. The number of nitrogens with two attached hydrogens (primary N) is 1. The molecule has 0 aliphatic rings. The summed E-state index contributed by atoms with van der Waals surface area (Å²) in [5.41, 5.74) is 5.36. The van der Waals surface area contributed by atoms with Crippen LogP contribution in [0.4, 0.5) is 4.39 Å². The van der Waals surface area contributed by atoms with Gasteiger partial charge in [0.2, 0.25) is 0 Å². The average Bonchev–Trinajstić information content (AvgIpc) is 2.19. The van der Waals surface area contributed by atoms with Crippen molar-refractivity contribution >= 4 is 0 Å². The molecular formula is C9H9FN2O2. The maximum atomic E-state index is 12.9. The molecule has 0 heterocycles. The number of nitriles is 1. The van der Waals surface area contributed by atoms with E-state index in [1.165, 1.54) is 7.11 Å². The normalized spacial score (nSPS) is 11.9. The zero-order valence-corrected chi connectivity index (χ0v) is 7.49. The van der Waals surface area contributed by atoms with E-state index in [4.69, 9.17) is 15.7 Å². The number of nitrogens with zero attached hydrogens (tertiary/aromatic N) is 1. The van der Waals surface area contributed by atoms with E-state index in [-0.39, 0.29) is 17.1 Å². The monoisotopic (exact) mass is 196 g/mol. The quantitative estimate of drug-likeness (QED) is 0.741. The summed E-state index contributed by atoms with van der Waals surface area (Å²) in [6.07, 6.45) is 0. The molecule has 5 heteroatoms. The predicted octanol–water partition coefficient (Wildman–Crippen LogP) is 1.06. The summed E-state index contributed by atoms with van der Waals surface area (Å²) in [6.45, 7) is 0. The Kier molecular flexibility index (Phi) is 2.89. The lowest BCUT2D eigenvalue weighted by Gasteiger charge is -2.10. The Morgan fingerprint density at radius 2 is 2.29 bits per heavy atom. The molecule has 1 atom stereocenters. The molecule has 0 saturated heterocycles. The van der Waals surface area contributed by atoms with E-state index in [0.717, 1.165) is 12.1 Å². The molecule has 0 spiro atoms. The SMILES string of the molecule is COc1cc(F)cc(C(N)C#N)c1O. The lowest BCUT2D eigenvalue weighted by molar-refractivity contribution is 0.366. The van der Waals surface area contributed by atoms with Gasteiger partial charge in [0.15, 0.2) is 11.5 Å². The molecule has 0 bridgehead atoms. The second-order valence-corrected chi connectivity index (χ2v) is 2.65. The Hall–Kier alpha value is -1.80. The Morgan fingerprint density at radius 1 is 1.64 bits per heavy atom. The molecule has 0 aliphatic carbocycles. The summed E-state index contributed by atoms with van der Waals surface area (Å²) in [5, 5.41) is 18.0. The fourth-order valence-corrected chi connectivity index (χ4v) is 1.06. The van der Waals surface area contributed by atoms with Crippen LogP contribution in [0.1, 0.15) is 11.6 Å². The second kappa shape index (κ2) is 3.94. The Balaban J connectivity index is 3.30. The smallest absolute Gasteiger partial charge is 0.163 e. The van der Waals surface area contributed by atoms with Crippen molar-refractivity contribution < 1.29 is 14.2 Å². The van der Waals surface area contributed by atoms with Gasteiger partial charge in [-0.2, -0.15) is 5.26 Å². The van der Waals surface area contributed by atoms with Crippen LogP contribution in [-0.4, -0.2) is 12.2 Å². The minimum absolute atomic E-state index is 0.0179. The van der Waals surface area contributed by atoms with Crippen LogP contribution in [0, 0.1) is 17.1 Å². The topological polar surface area (TPSA) is 79.3 Å². The van der Waals surface area contributed by atoms with Crippen molar-refractivity contribution in [2.75, 3.05) is 7.11 Å². The number of aromatic hydroxyl groups is 1. The van der Waals surface area contributed by atoms with Gasteiger partial charge < -0.3 is 15.6 Å². The third-order valence-corrected chi connectivity index (χ3v) is 1.76. The minimum atomic E-state index is -1.07. The third-order valence-electron chi connectivity index (χ3n) is 1.76. The van der Waals surface area contributed by atoms with E-state index in [1.54, 1.807) is 6.07 Å². The highest BCUT2D eigenvalue weighted by Gasteiger charge is 2.15. The van der Waals surface area contributed by atoms with Crippen LogP contribution < -0.4 is 10.5 Å². The van der Waals surface area contributed by atoms with Gasteiger partial charge in [-0.25, -0.2) is 4.39 Å². The molecule has 14 heavy (non-hydrogen) atoms. The molecule has 0 radical (unpaired) electrons. The number of phenolic OH excluding ortho intramolecular Hbond substituents is 1. The van der Waals surface area contributed by atoms with Crippen molar-refractivity contribution in [3.63, 3.8) is 0 Å². The number of hydrogen-bond donors (Lipinski definition) is 2. The molecular weight excluding hydrogens is 187 g/mol. The largest absolute Gasteiger partial charge is 0.504 e. The van der Waals surface area contributed by atoms with Gasteiger partial charge >= 0.3 is 0 Å². The van der Waals surface area contributed by atoms with Gasteiger partial charge in [0.25, 0.3) is 0 Å². The fourth-order valence-electron chi connectivity index (χ4n) is 1.06. The molecule has 1 unspecified atom stereocenters. The van der Waals surface area contributed by atoms with Crippen molar-refractivity contribution in [1.82, 2.24) is 0 Å². The van der Waals surface area contributed by atoms with Crippen LogP contribution in [0.2, 0.25) is 0 Å². The van der Waals surface area contributed by atoms with Gasteiger partial charge in [-0.05, 0) is 6.07 Å². The fraction of sp³-hybridized carbons (Fsp3) is 0.222. The summed E-state index contributed by atoms with van der Waals surface area (Å²) in [5.74, 6) is -0.950. The van der Waals surface area contributed by atoms with Gasteiger partial charge in [0.1, 0.15) is 11.9 Å². The van der Waals surface area contributed by atoms with E-state index in [9.17, 15) is 9.50 Å². The number of benzene rings is 1. The first-order chi connectivity index (χ1) is 6.60.